The number of rotatable bonds is 5. The second kappa shape index (κ2) is 6.53. The van der Waals surface area contributed by atoms with Crippen LogP contribution in [0.4, 0.5) is 10.1 Å². The van der Waals surface area contributed by atoms with Crippen LogP contribution < -0.4 is 9.47 Å². The molecule has 0 aliphatic carbocycles. The fourth-order valence-electron chi connectivity index (χ4n) is 1.68. The average Bonchev–Trinajstić information content (AvgIpc) is 2.46. The minimum Gasteiger partial charge on any atom is -0.493 e. The second-order valence-corrected chi connectivity index (χ2v) is 5.03. The average molecular weight is 356 g/mol. The van der Waals surface area contributed by atoms with Gasteiger partial charge in [-0.1, -0.05) is 22.0 Å². The van der Waals surface area contributed by atoms with E-state index in [1.54, 1.807) is 12.1 Å². The number of non-ortho nitro benzene ring substituents is 1. The minimum atomic E-state index is -0.527. The Labute approximate surface area is 128 Å². The summed E-state index contributed by atoms with van der Waals surface area (Å²) in [4.78, 5) is 10.2. The Hall–Kier alpha value is -2.15. The maximum atomic E-state index is 13.7. The van der Waals surface area contributed by atoms with Crippen molar-refractivity contribution in [1.29, 1.82) is 0 Å². The summed E-state index contributed by atoms with van der Waals surface area (Å²) >= 11 is 3.17. The third-order valence-electron chi connectivity index (χ3n) is 2.76. The first-order valence-electron chi connectivity index (χ1n) is 5.90. The zero-order valence-corrected chi connectivity index (χ0v) is 12.6. The summed E-state index contributed by atoms with van der Waals surface area (Å²) in [6.45, 7) is -0.00666. The van der Waals surface area contributed by atoms with Crippen LogP contribution in [-0.4, -0.2) is 12.0 Å². The van der Waals surface area contributed by atoms with Gasteiger partial charge in [0, 0.05) is 16.1 Å². The molecule has 0 spiro atoms. The molecule has 0 aliphatic rings. The van der Waals surface area contributed by atoms with Crippen LogP contribution in [0, 0.1) is 15.9 Å². The highest BCUT2D eigenvalue weighted by Gasteiger charge is 2.13. The Morgan fingerprint density at radius 3 is 2.62 bits per heavy atom. The number of benzene rings is 2. The molecule has 0 aromatic heterocycles. The van der Waals surface area contributed by atoms with Crippen molar-refractivity contribution in [3.8, 4) is 11.5 Å². The topological polar surface area (TPSA) is 61.6 Å². The lowest BCUT2D eigenvalue weighted by molar-refractivity contribution is -0.385. The zero-order chi connectivity index (χ0) is 15.4. The van der Waals surface area contributed by atoms with Gasteiger partial charge >= 0.3 is 0 Å². The quantitative estimate of drug-likeness (QED) is 0.598. The maximum absolute atomic E-state index is 13.7. The number of hydrogen-bond donors (Lipinski definition) is 0. The van der Waals surface area contributed by atoms with E-state index in [1.807, 2.05) is 0 Å². The van der Waals surface area contributed by atoms with Gasteiger partial charge in [0.05, 0.1) is 18.1 Å². The molecule has 0 heterocycles. The highest BCUT2D eigenvalue weighted by atomic mass is 79.9. The zero-order valence-electron chi connectivity index (χ0n) is 11.0. The van der Waals surface area contributed by atoms with Crippen LogP contribution in [0.3, 0.4) is 0 Å². The van der Waals surface area contributed by atoms with Crippen LogP contribution in [0.2, 0.25) is 0 Å². The molecular weight excluding hydrogens is 345 g/mol. The van der Waals surface area contributed by atoms with Crippen LogP contribution in [0.15, 0.2) is 40.9 Å². The lowest BCUT2D eigenvalue weighted by atomic mass is 10.2. The van der Waals surface area contributed by atoms with Crippen molar-refractivity contribution in [3.63, 3.8) is 0 Å². The molecule has 0 atom stereocenters. The van der Waals surface area contributed by atoms with Crippen molar-refractivity contribution in [3.05, 3.63) is 62.4 Å². The summed E-state index contributed by atoms with van der Waals surface area (Å²) in [6.07, 6.45) is 0. The molecule has 5 nitrogen and oxygen atoms in total. The van der Waals surface area contributed by atoms with E-state index in [-0.39, 0.29) is 18.0 Å². The second-order valence-electron chi connectivity index (χ2n) is 4.12. The molecule has 7 heteroatoms. The predicted octanol–water partition coefficient (Wildman–Crippen LogP) is 4.08. The minimum absolute atomic E-state index is 0.00666. The molecule has 0 amide bonds. The van der Waals surface area contributed by atoms with E-state index in [0.29, 0.717) is 15.8 Å². The highest BCUT2D eigenvalue weighted by Crippen LogP contribution is 2.31. The Morgan fingerprint density at radius 1 is 1.24 bits per heavy atom. The molecule has 2 aromatic carbocycles. The fourth-order valence-corrected chi connectivity index (χ4v) is 2.02. The molecule has 0 saturated carbocycles. The molecule has 0 fully saturated rings. The molecule has 2 aromatic rings. The lowest BCUT2D eigenvalue weighted by Gasteiger charge is -2.11. The summed E-state index contributed by atoms with van der Waals surface area (Å²) < 4.78 is 24.8. The third-order valence-corrected chi connectivity index (χ3v) is 3.25. The fraction of sp³-hybridized carbons (Fsp3) is 0.143. The molecule has 21 heavy (non-hydrogen) atoms. The number of halogens is 2. The number of nitro benzene ring substituents is 1. The smallest absolute Gasteiger partial charge is 0.273 e. The van der Waals surface area contributed by atoms with Gasteiger partial charge in [-0.2, -0.15) is 0 Å². The van der Waals surface area contributed by atoms with Crippen molar-refractivity contribution in [2.45, 2.75) is 6.61 Å². The molecule has 0 aliphatic heterocycles. The Morgan fingerprint density at radius 2 is 2.00 bits per heavy atom. The first kappa shape index (κ1) is 15.2. The summed E-state index contributed by atoms with van der Waals surface area (Å²) in [5.74, 6) is 0.136. The predicted molar refractivity (Wildman–Crippen MR) is 78.1 cm³/mol. The first-order valence-corrected chi connectivity index (χ1v) is 6.69. The molecule has 0 bridgehead atoms. The third kappa shape index (κ3) is 3.69. The summed E-state index contributed by atoms with van der Waals surface area (Å²) in [7, 11) is 1.38. The van der Waals surface area contributed by atoms with E-state index >= 15 is 0 Å². The van der Waals surface area contributed by atoms with E-state index in [0.717, 1.165) is 0 Å². The molecule has 2 rings (SSSR count). The van der Waals surface area contributed by atoms with Gasteiger partial charge in [0.15, 0.2) is 11.5 Å². The van der Waals surface area contributed by atoms with Crippen LogP contribution in [0.1, 0.15) is 5.56 Å². The van der Waals surface area contributed by atoms with E-state index in [9.17, 15) is 14.5 Å². The van der Waals surface area contributed by atoms with Gasteiger partial charge in [-0.3, -0.25) is 10.1 Å². The van der Waals surface area contributed by atoms with E-state index in [2.05, 4.69) is 15.9 Å². The number of ether oxygens (including phenoxy) is 2. The molecule has 110 valence electrons. The molecule has 0 saturated heterocycles. The Bertz CT molecular complexity index is 678. The lowest BCUT2D eigenvalue weighted by Crippen LogP contribution is -2.00. The number of methoxy groups -OCH3 is 1. The van der Waals surface area contributed by atoms with Crippen LogP contribution in [0.5, 0.6) is 11.5 Å². The van der Waals surface area contributed by atoms with Gasteiger partial charge in [0.25, 0.3) is 5.69 Å². The number of nitrogens with zero attached hydrogens (tertiary/aromatic N) is 1. The van der Waals surface area contributed by atoms with Crippen LogP contribution in [-0.2, 0) is 6.61 Å². The number of nitro groups is 1. The van der Waals surface area contributed by atoms with Gasteiger partial charge in [-0.15, -0.1) is 0 Å². The highest BCUT2D eigenvalue weighted by molar-refractivity contribution is 9.10. The van der Waals surface area contributed by atoms with Crippen molar-refractivity contribution in [1.82, 2.24) is 0 Å². The van der Waals surface area contributed by atoms with Crippen molar-refractivity contribution in [2.24, 2.45) is 0 Å². The van der Waals surface area contributed by atoms with Gasteiger partial charge in [-0.25, -0.2) is 4.39 Å². The van der Waals surface area contributed by atoms with E-state index in [4.69, 9.17) is 9.47 Å². The Balaban J connectivity index is 2.17. The monoisotopic (exact) mass is 355 g/mol. The van der Waals surface area contributed by atoms with Crippen molar-refractivity contribution < 1.29 is 18.8 Å². The van der Waals surface area contributed by atoms with E-state index in [1.165, 1.54) is 31.4 Å². The summed E-state index contributed by atoms with van der Waals surface area (Å²) in [5, 5.41) is 10.7. The normalized spacial score (nSPS) is 10.2. The van der Waals surface area contributed by atoms with Gasteiger partial charge in [-0.05, 0) is 18.2 Å². The standard InChI is InChI=1S/C14H11BrFNO4/c1-20-14-7-11(17(18)19)4-5-13(14)21-8-9-2-3-10(15)6-12(9)16/h2-7H,8H2,1H3. The molecule has 0 unspecified atom stereocenters. The molecular formula is C14H11BrFNO4. The van der Waals surface area contributed by atoms with Gasteiger partial charge in [0.2, 0.25) is 0 Å². The van der Waals surface area contributed by atoms with Crippen LogP contribution in [0.25, 0.3) is 0 Å². The van der Waals surface area contributed by atoms with Crippen molar-refractivity contribution >= 4 is 21.6 Å². The van der Waals surface area contributed by atoms with Gasteiger partial charge < -0.3 is 9.47 Å². The summed E-state index contributed by atoms with van der Waals surface area (Å²) in [6, 6.07) is 8.62. The van der Waals surface area contributed by atoms with E-state index < -0.39 is 10.7 Å². The number of hydrogen-bond acceptors (Lipinski definition) is 4. The molecule has 0 N–H and O–H groups in total. The SMILES string of the molecule is COc1cc([N+](=O)[O-])ccc1OCc1ccc(Br)cc1F. The molecule has 0 radical (unpaired) electrons. The van der Waals surface area contributed by atoms with Crippen LogP contribution >= 0.6 is 15.9 Å². The Kier molecular flexibility index (Phi) is 4.74. The van der Waals surface area contributed by atoms with Gasteiger partial charge in [0.1, 0.15) is 12.4 Å². The maximum Gasteiger partial charge on any atom is 0.273 e. The van der Waals surface area contributed by atoms with Crippen molar-refractivity contribution in [2.75, 3.05) is 7.11 Å². The largest absolute Gasteiger partial charge is 0.493 e. The first-order chi connectivity index (χ1) is 10.0. The summed E-state index contributed by atoms with van der Waals surface area (Å²) in [5.41, 5.74) is 0.271.